The number of carbonyl (C=O) groups excluding carboxylic acids is 1. The molecule has 1 amide bonds. The Morgan fingerprint density at radius 2 is 2.41 bits per heavy atom. The fourth-order valence-corrected chi connectivity index (χ4v) is 3.91. The van der Waals surface area contributed by atoms with Gasteiger partial charge in [0.15, 0.2) is 5.96 Å². The van der Waals surface area contributed by atoms with Gasteiger partial charge in [-0.2, -0.15) is 0 Å². The Bertz CT molecular complexity index is 531. The number of nitrogens with zero attached hydrogens (tertiary/aromatic N) is 2. The molecule has 2 heterocycles. The molecule has 1 aromatic heterocycles. The number of hydrogen-bond acceptors (Lipinski definition) is 3. The minimum Gasteiger partial charge on any atom is -0.370 e. The van der Waals surface area contributed by atoms with Gasteiger partial charge < -0.3 is 16.0 Å². The molecule has 5 nitrogen and oxygen atoms in total. The molecular weight excluding hydrogens is 320 g/mol. The molecular formula is C15H23ClN4OS. The van der Waals surface area contributed by atoms with Crippen LogP contribution in [0.4, 0.5) is 0 Å². The van der Waals surface area contributed by atoms with E-state index in [0.717, 1.165) is 49.2 Å². The largest absolute Gasteiger partial charge is 0.370 e. The van der Waals surface area contributed by atoms with Crippen LogP contribution in [0, 0.1) is 5.92 Å². The lowest BCUT2D eigenvalue weighted by Crippen LogP contribution is -2.47. The Balaban J connectivity index is 1.81. The molecule has 1 saturated heterocycles. The predicted molar refractivity (Wildman–Crippen MR) is 92.5 cm³/mol. The summed E-state index contributed by atoms with van der Waals surface area (Å²) in [6.45, 7) is 2.63. The first-order valence-electron chi connectivity index (χ1n) is 7.56. The van der Waals surface area contributed by atoms with E-state index < -0.39 is 0 Å². The van der Waals surface area contributed by atoms with Crippen molar-refractivity contribution in [1.82, 2.24) is 10.2 Å². The third-order valence-corrected chi connectivity index (χ3v) is 5.09. The van der Waals surface area contributed by atoms with Gasteiger partial charge in [0.1, 0.15) is 0 Å². The van der Waals surface area contributed by atoms with Gasteiger partial charge in [-0.1, -0.05) is 11.6 Å². The molecule has 0 saturated carbocycles. The molecule has 0 radical (unpaired) electrons. The maximum absolute atomic E-state index is 11.1. The number of amides is 1. The third kappa shape index (κ3) is 5.18. The predicted octanol–water partition coefficient (Wildman–Crippen LogP) is 2.11. The second-order valence-corrected chi connectivity index (χ2v) is 7.35. The molecule has 22 heavy (non-hydrogen) atoms. The highest BCUT2D eigenvalue weighted by Crippen LogP contribution is 2.22. The van der Waals surface area contributed by atoms with Gasteiger partial charge in [-0.15, -0.1) is 11.3 Å². The molecule has 2 rings (SSSR count). The number of aliphatic imine (C=N–C) groups is 1. The second-order valence-electron chi connectivity index (χ2n) is 5.55. The van der Waals surface area contributed by atoms with Crippen molar-refractivity contribution in [3.63, 3.8) is 0 Å². The van der Waals surface area contributed by atoms with E-state index in [0.29, 0.717) is 12.3 Å². The molecule has 0 aliphatic carbocycles. The van der Waals surface area contributed by atoms with Gasteiger partial charge >= 0.3 is 0 Å². The standard InChI is InChI=1S/C15H23ClN4OS/c1-18-15(19-7-6-12-4-5-13(16)22-12)20-8-2-3-11(10-20)9-14(17)21/h4-5,11H,2-3,6-10H2,1H3,(H2,17,21)(H,18,19). The smallest absolute Gasteiger partial charge is 0.217 e. The number of nitrogens with two attached hydrogens (primary N) is 1. The minimum atomic E-state index is -0.218. The van der Waals surface area contributed by atoms with Gasteiger partial charge in [0.25, 0.3) is 0 Å². The lowest BCUT2D eigenvalue weighted by molar-refractivity contribution is -0.119. The zero-order chi connectivity index (χ0) is 15.9. The van der Waals surface area contributed by atoms with E-state index in [1.54, 1.807) is 18.4 Å². The number of likely N-dealkylation sites (tertiary alicyclic amines) is 1. The fourth-order valence-electron chi connectivity index (χ4n) is 2.82. The zero-order valence-electron chi connectivity index (χ0n) is 12.8. The molecule has 1 aromatic rings. The van der Waals surface area contributed by atoms with Crippen molar-refractivity contribution in [1.29, 1.82) is 0 Å². The maximum Gasteiger partial charge on any atom is 0.217 e. The molecule has 3 N–H and O–H groups in total. The Morgan fingerprint density at radius 3 is 3.05 bits per heavy atom. The first-order valence-corrected chi connectivity index (χ1v) is 8.76. The quantitative estimate of drug-likeness (QED) is 0.636. The summed E-state index contributed by atoms with van der Waals surface area (Å²) in [4.78, 5) is 18.9. The van der Waals surface area contributed by atoms with Crippen molar-refractivity contribution in [2.24, 2.45) is 16.6 Å². The number of rotatable bonds is 5. The molecule has 7 heteroatoms. The zero-order valence-corrected chi connectivity index (χ0v) is 14.4. The van der Waals surface area contributed by atoms with Gasteiger partial charge in [0, 0.05) is 38.0 Å². The second kappa shape index (κ2) is 8.39. The van der Waals surface area contributed by atoms with E-state index in [1.165, 1.54) is 4.88 Å². The number of guanidine groups is 1. The Labute approximate surface area is 140 Å². The summed E-state index contributed by atoms with van der Waals surface area (Å²) in [5, 5.41) is 3.39. The van der Waals surface area contributed by atoms with Crippen molar-refractivity contribution >= 4 is 34.8 Å². The van der Waals surface area contributed by atoms with Gasteiger partial charge in [0.05, 0.1) is 4.34 Å². The Kier molecular flexibility index (Phi) is 6.51. The van der Waals surface area contributed by atoms with Crippen LogP contribution in [0.2, 0.25) is 4.34 Å². The molecule has 0 aromatic carbocycles. The van der Waals surface area contributed by atoms with Crippen LogP contribution in [0.15, 0.2) is 17.1 Å². The van der Waals surface area contributed by atoms with E-state index in [4.69, 9.17) is 17.3 Å². The van der Waals surface area contributed by atoms with Crippen LogP contribution >= 0.6 is 22.9 Å². The number of nitrogens with one attached hydrogen (secondary N) is 1. The average Bonchev–Trinajstić information content (AvgIpc) is 2.89. The summed E-state index contributed by atoms with van der Waals surface area (Å²) in [5.41, 5.74) is 5.31. The van der Waals surface area contributed by atoms with Crippen LogP contribution in [-0.2, 0) is 11.2 Å². The van der Waals surface area contributed by atoms with Crippen LogP contribution in [0.3, 0.4) is 0 Å². The van der Waals surface area contributed by atoms with E-state index >= 15 is 0 Å². The SMILES string of the molecule is CN=C(NCCc1ccc(Cl)s1)N1CCCC(CC(N)=O)C1. The first-order chi connectivity index (χ1) is 10.6. The van der Waals surface area contributed by atoms with Crippen molar-refractivity contribution in [3.8, 4) is 0 Å². The third-order valence-electron chi connectivity index (χ3n) is 3.80. The summed E-state index contributed by atoms with van der Waals surface area (Å²) >= 11 is 7.55. The maximum atomic E-state index is 11.1. The molecule has 1 atom stereocenters. The monoisotopic (exact) mass is 342 g/mol. The van der Waals surface area contributed by atoms with Crippen molar-refractivity contribution in [3.05, 3.63) is 21.3 Å². The van der Waals surface area contributed by atoms with Gasteiger partial charge in [-0.05, 0) is 37.3 Å². The van der Waals surface area contributed by atoms with Crippen LogP contribution in [0.25, 0.3) is 0 Å². The van der Waals surface area contributed by atoms with Crippen LogP contribution in [0.5, 0.6) is 0 Å². The molecule has 1 aliphatic rings. The highest BCUT2D eigenvalue weighted by atomic mass is 35.5. The number of hydrogen-bond donors (Lipinski definition) is 2. The number of piperidine rings is 1. The van der Waals surface area contributed by atoms with Crippen molar-refractivity contribution in [2.75, 3.05) is 26.7 Å². The Hall–Kier alpha value is -1.27. The molecule has 0 bridgehead atoms. The summed E-state index contributed by atoms with van der Waals surface area (Å²) < 4.78 is 0.824. The fraction of sp³-hybridized carbons (Fsp3) is 0.600. The number of carbonyl (C=O) groups is 1. The normalized spacial score (nSPS) is 19.3. The van der Waals surface area contributed by atoms with Gasteiger partial charge in [0.2, 0.25) is 5.91 Å². The van der Waals surface area contributed by atoms with Crippen LogP contribution in [-0.4, -0.2) is 43.4 Å². The minimum absolute atomic E-state index is 0.218. The van der Waals surface area contributed by atoms with Crippen LogP contribution in [0.1, 0.15) is 24.1 Å². The summed E-state index contributed by atoms with van der Waals surface area (Å²) in [5.74, 6) is 1.02. The van der Waals surface area contributed by atoms with E-state index in [9.17, 15) is 4.79 Å². The number of halogens is 1. The van der Waals surface area contributed by atoms with Gasteiger partial charge in [-0.3, -0.25) is 9.79 Å². The average molecular weight is 343 g/mol. The molecule has 1 unspecified atom stereocenters. The molecule has 1 aliphatic heterocycles. The summed E-state index contributed by atoms with van der Waals surface area (Å²) in [6.07, 6.45) is 3.51. The summed E-state index contributed by atoms with van der Waals surface area (Å²) in [6, 6.07) is 3.98. The summed E-state index contributed by atoms with van der Waals surface area (Å²) in [7, 11) is 1.79. The topological polar surface area (TPSA) is 70.7 Å². The number of primary amides is 1. The number of thiophene rings is 1. The van der Waals surface area contributed by atoms with E-state index in [2.05, 4.69) is 21.3 Å². The first kappa shape index (κ1) is 17.1. The molecule has 122 valence electrons. The molecule has 0 spiro atoms. The lowest BCUT2D eigenvalue weighted by atomic mass is 9.95. The lowest BCUT2D eigenvalue weighted by Gasteiger charge is -2.34. The van der Waals surface area contributed by atoms with Crippen molar-refractivity contribution in [2.45, 2.75) is 25.7 Å². The van der Waals surface area contributed by atoms with E-state index in [-0.39, 0.29) is 5.91 Å². The van der Waals surface area contributed by atoms with Crippen molar-refractivity contribution < 1.29 is 4.79 Å². The highest BCUT2D eigenvalue weighted by Gasteiger charge is 2.23. The van der Waals surface area contributed by atoms with Gasteiger partial charge in [-0.25, -0.2) is 0 Å². The highest BCUT2D eigenvalue weighted by molar-refractivity contribution is 7.16. The van der Waals surface area contributed by atoms with E-state index in [1.807, 2.05) is 6.07 Å². The van der Waals surface area contributed by atoms with Crippen LogP contribution < -0.4 is 11.1 Å². The Morgan fingerprint density at radius 1 is 1.59 bits per heavy atom. The molecule has 1 fully saturated rings.